The molecule has 0 radical (unpaired) electrons. The van der Waals surface area contributed by atoms with Crippen LogP contribution in [0.5, 0.6) is 5.75 Å². The average Bonchev–Trinajstić information content (AvgIpc) is 2.84. The van der Waals surface area contributed by atoms with Crippen LogP contribution in [0.15, 0.2) is 41.2 Å². The minimum Gasteiger partial charge on any atom is -0.489 e. The van der Waals surface area contributed by atoms with Crippen molar-refractivity contribution in [1.29, 1.82) is 0 Å². The fourth-order valence-electron chi connectivity index (χ4n) is 3.81. The Hall–Kier alpha value is -3.50. The smallest absolute Gasteiger partial charge is 0.287 e. The summed E-state index contributed by atoms with van der Waals surface area (Å²) in [5.41, 5.74) is 0.198. The number of ether oxygens (including phenoxy) is 2. The van der Waals surface area contributed by atoms with Crippen LogP contribution in [0.25, 0.3) is 10.9 Å². The Labute approximate surface area is 205 Å². The molecule has 35 heavy (non-hydrogen) atoms. The highest BCUT2D eigenvalue weighted by Crippen LogP contribution is 2.25. The van der Waals surface area contributed by atoms with Crippen molar-refractivity contribution in [3.63, 3.8) is 0 Å². The zero-order valence-corrected chi connectivity index (χ0v) is 19.7. The normalized spacial score (nSPS) is 15.7. The van der Waals surface area contributed by atoms with Crippen molar-refractivity contribution in [3.8, 4) is 5.75 Å². The topological polar surface area (TPSA) is 114 Å². The lowest BCUT2D eigenvalue weighted by molar-refractivity contribution is -0.136. The van der Waals surface area contributed by atoms with Crippen LogP contribution in [0.4, 0.5) is 4.39 Å². The molecule has 0 saturated carbocycles. The first-order valence-electron chi connectivity index (χ1n) is 11.1. The summed E-state index contributed by atoms with van der Waals surface area (Å²) in [4.78, 5) is 45.2. The molecule has 11 heteroatoms. The third-order valence-corrected chi connectivity index (χ3v) is 5.84. The van der Waals surface area contributed by atoms with Crippen molar-refractivity contribution in [2.75, 3.05) is 26.3 Å². The molecule has 2 N–H and O–H groups in total. The van der Waals surface area contributed by atoms with E-state index >= 15 is 0 Å². The number of rotatable bonds is 7. The lowest BCUT2D eigenvalue weighted by Crippen LogP contribution is -2.45. The van der Waals surface area contributed by atoms with Crippen molar-refractivity contribution in [1.82, 2.24) is 20.2 Å². The van der Waals surface area contributed by atoms with Crippen LogP contribution < -0.4 is 15.6 Å². The SMILES string of the molecule is CC(=O)N1CCOC(CCOc2c(F)ccc3nc(C(=O)NCc4cccc(Cl)c4)[nH]c(=O)c23)C1. The van der Waals surface area contributed by atoms with Gasteiger partial charge in [-0.3, -0.25) is 14.4 Å². The lowest BCUT2D eigenvalue weighted by Gasteiger charge is -2.32. The molecule has 1 aliphatic heterocycles. The molecule has 1 saturated heterocycles. The van der Waals surface area contributed by atoms with Crippen molar-refractivity contribution in [2.24, 2.45) is 0 Å². The zero-order chi connectivity index (χ0) is 24.9. The Morgan fingerprint density at radius 1 is 1.34 bits per heavy atom. The summed E-state index contributed by atoms with van der Waals surface area (Å²) >= 11 is 5.95. The number of hydrogen-bond acceptors (Lipinski definition) is 6. The summed E-state index contributed by atoms with van der Waals surface area (Å²) in [7, 11) is 0. The van der Waals surface area contributed by atoms with Gasteiger partial charge in [0.2, 0.25) is 5.91 Å². The van der Waals surface area contributed by atoms with Crippen LogP contribution in [-0.2, 0) is 16.1 Å². The van der Waals surface area contributed by atoms with Crippen molar-refractivity contribution < 1.29 is 23.5 Å². The molecule has 1 aliphatic rings. The molecule has 2 heterocycles. The fraction of sp³-hybridized carbons (Fsp3) is 0.333. The first-order chi connectivity index (χ1) is 16.8. The van der Waals surface area contributed by atoms with Crippen molar-refractivity contribution >= 4 is 34.3 Å². The van der Waals surface area contributed by atoms with Gasteiger partial charge in [-0.2, -0.15) is 0 Å². The first kappa shape index (κ1) is 24.6. The van der Waals surface area contributed by atoms with Gasteiger partial charge in [0.1, 0.15) is 5.39 Å². The fourth-order valence-corrected chi connectivity index (χ4v) is 4.02. The molecule has 2 amide bonds. The lowest BCUT2D eigenvalue weighted by atomic mass is 10.2. The van der Waals surface area contributed by atoms with Gasteiger partial charge in [-0.25, -0.2) is 9.37 Å². The second-order valence-electron chi connectivity index (χ2n) is 8.09. The molecule has 0 spiro atoms. The molecule has 0 bridgehead atoms. The Kier molecular flexibility index (Phi) is 7.62. The van der Waals surface area contributed by atoms with E-state index in [4.69, 9.17) is 21.1 Å². The molecular weight excluding hydrogens is 479 g/mol. The monoisotopic (exact) mass is 502 g/mol. The van der Waals surface area contributed by atoms with E-state index in [-0.39, 0.29) is 47.6 Å². The molecule has 4 rings (SSSR count). The van der Waals surface area contributed by atoms with Crippen LogP contribution in [-0.4, -0.2) is 59.1 Å². The molecule has 0 aliphatic carbocycles. The molecular formula is C24H24ClFN4O5. The van der Waals surface area contributed by atoms with E-state index in [2.05, 4.69) is 15.3 Å². The second-order valence-corrected chi connectivity index (χ2v) is 8.53. The number of carbonyl (C=O) groups is 2. The van der Waals surface area contributed by atoms with Crippen LogP contribution >= 0.6 is 11.6 Å². The molecule has 9 nitrogen and oxygen atoms in total. The number of nitrogens with one attached hydrogen (secondary N) is 2. The predicted molar refractivity (Wildman–Crippen MR) is 127 cm³/mol. The number of carbonyl (C=O) groups excluding carboxylic acids is 2. The third kappa shape index (κ3) is 5.95. The summed E-state index contributed by atoms with van der Waals surface area (Å²) in [6, 6.07) is 9.43. The minimum absolute atomic E-state index is 0.0377. The number of aromatic nitrogens is 2. The van der Waals surface area contributed by atoms with Gasteiger partial charge in [0.05, 0.1) is 24.8 Å². The first-order valence-corrected chi connectivity index (χ1v) is 11.4. The van der Waals surface area contributed by atoms with Gasteiger partial charge >= 0.3 is 0 Å². The summed E-state index contributed by atoms with van der Waals surface area (Å²) in [5.74, 6) is -1.81. The number of hydrogen-bond donors (Lipinski definition) is 2. The highest BCUT2D eigenvalue weighted by molar-refractivity contribution is 6.30. The van der Waals surface area contributed by atoms with Gasteiger partial charge < -0.3 is 24.7 Å². The standard InChI is InChI=1S/C24H24ClFN4O5/c1-14(31)30-8-10-34-17(13-30)7-9-35-21-18(26)5-6-19-20(21)23(32)29-22(28-19)24(33)27-12-15-3-2-4-16(25)11-15/h2-6,11,17H,7-10,12-13H2,1H3,(H,27,33)(H,28,29,32). The van der Waals surface area contributed by atoms with Gasteiger partial charge in [-0.1, -0.05) is 23.7 Å². The van der Waals surface area contributed by atoms with E-state index in [1.807, 2.05) is 0 Å². The Bertz CT molecular complexity index is 1310. The summed E-state index contributed by atoms with van der Waals surface area (Å²) in [5, 5.41) is 3.11. The van der Waals surface area contributed by atoms with E-state index in [0.29, 0.717) is 31.1 Å². The quantitative estimate of drug-likeness (QED) is 0.513. The summed E-state index contributed by atoms with van der Waals surface area (Å²) in [6.45, 7) is 3.11. The van der Waals surface area contributed by atoms with Gasteiger partial charge in [0.15, 0.2) is 17.4 Å². The van der Waals surface area contributed by atoms with Gasteiger partial charge in [-0.15, -0.1) is 0 Å². The Balaban J connectivity index is 1.46. The molecule has 1 atom stereocenters. The van der Waals surface area contributed by atoms with Crippen LogP contribution in [0.3, 0.4) is 0 Å². The number of amides is 2. The molecule has 1 aromatic heterocycles. The van der Waals surface area contributed by atoms with Crippen molar-refractivity contribution in [2.45, 2.75) is 26.0 Å². The maximum Gasteiger partial charge on any atom is 0.287 e. The van der Waals surface area contributed by atoms with Crippen molar-refractivity contribution in [3.05, 3.63) is 69.0 Å². The Morgan fingerprint density at radius 3 is 2.94 bits per heavy atom. The van der Waals surface area contributed by atoms with E-state index in [1.54, 1.807) is 29.2 Å². The van der Waals surface area contributed by atoms with E-state index in [1.165, 1.54) is 13.0 Å². The molecule has 1 fully saturated rings. The molecule has 1 unspecified atom stereocenters. The highest BCUT2D eigenvalue weighted by atomic mass is 35.5. The molecule has 184 valence electrons. The summed E-state index contributed by atoms with van der Waals surface area (Å²) in [6.07, 6.45) is 0.145. The predicted octanol–water partition coefficient (Wildman–Crippen LogP) is 2.66. The Morgan fingerprint density at radius 2 is 2.17 bits per heavy atom. The van der Waals surface area contributed by atoms with Gasteiger partial charge in [0.25, 0.3) is 11.5 Å². The number of benzene rings is 2. The second kappa shape index (κ2) is 10.8. The van der Waals surface area contributed by atoms with E-state index in [0.717, 1.165) is 11.6 Å². The van der Waals surface area contributed by atoms with Crippen LogP contribution in [0.1, 0.15) is 29.5 Å². The average molecular weight is 503 g/mol. The number of nitrogens with zero attached hydrogens (tertiary/aromatic N) is 2. The van der Waals surface area contributed by atoms with E-state index in [9.17, 15) is 18.8 Å². The third-order valence-electron chi connectivity index (χ3n) is 5.61. The maximum atomic E-state index is 14.6. The molecule has 2 aromatic carbocycles. The largest absolute Gasteiger partial charge is 0.489 e. The number of halogens is 2. The number of fused-ring (bicyclic) bond motifs is 1. The maximum absolute atomic E-state index is 14.6. The minimum atomic E-state index is -0.724. The molecule has 3 aromatic rings. The van der Waals surface area contributed by atoms with Gasteiger partial charge in [-0.05, 0) is 29.8 Å². The van der Waals surface area contributed by atoms with Crippen LogP contribution in [0, 0.1) is 5.82 Å². The zero-order valence-electron chi connectivity index (χ0n) is 19.0. The summed E-state index contributed by atoms with van der Waals surface area (Å²) < 4.78 is 25.8. The number of aromatic amines is 1. The highest BCUT2D eigenvalue weighted by Gasteiger charge is 2.23. The van der Waals surface area contributed by atoms with Gasteiger partial charge in [0, 0.05) is 38.0 Å². The number of morpholine rings is 1. The van der Waals surface area contributed by atoms with Crippen LogP contribution in [0.2, 0.25) is 5.02 Å². The number of H-pyrrole nitrogens is 1. The van der Waals surface area contributed by atoms with E-state index < -0.39 is 17.3 Å².